The third-order valence-electron chi connectivity index (χ3n) is 10.9. The number of aliphatic hydroxyl groups is 1. The van der Waals surface area contributed by atoms with Gasteiger partial charge in [0.15, 0.2) is 12.6 Å². The summed E-state index contributed by atoms with van der Waals surface area (Å²) in [7, 11) is 2.86. The number of amides is 1. The molecule has 2 aromatic carbocycles. The molecule has 3 fully saturated rings. The molecule has 2 saturated heterocycles. The van der Waals surface area contributed by atoms with Gasteiger partial charge in [0, 0.05) is 42.6 Å². The minimum Gasteiger partial charge on any atom is -0.480 e. The smallest absolute Gasteiger partial charge is 0.410 e. The first-order valence-corrected chi connectivity index (χ1v) is 19.2. The maximum atomic E-state index is 17.5. The predicted octanol–water partition coefficient (Wildman–Crippen LogP) is 6.63. The van der Waals surface area contributed by atoms with Crippen molar-refractivity contribution in [1.82, 2.24) is 19.9 Å². The molecular formula is C42H49F2N5O8. The Labute approximate surface area is 330 Å². The van der Waals surface area contributed by atoms with Gasteiger partial charge in [-0.25, -0.2) is 18.6 Å². The van der Waals surface area contributed by atoms with Crippen LogP contribution in [-0.4, -0.2) is 109 Å². The predicted molar refractivity (Wildman–Crippen MR) is 209 cm³/mol. The number of terminal acetylenes is 1. The summed E-state index contributed by atoms with van der Waals surface area (Å²) in [5.74, 6) is 1.36. The van der Waals surface area contributed by atoms with Gasteiger partial charge in [-0.05, 0) is 77.0 Å². The van der Waals surface area contributed by atoms with Gasteiger partial charge >= 0.3 is 12.1 Å². The molecule has 0 spiro atoms. The molecular weight excluding hydrogens is 740 g/mol. The highest BCUT2D eigenvalue weighted by molar-refractivity contribution is 6.04. The number of aromatic nitrogens is 3. The van der Waals surface area contributed by atoms with Crippen molar-refractivity contribution in [2.45, 2.75) is 77.0 Å². The van der Waals surface area contributed by atoms with Gasteiger partial charge < -0.3 is 43.3 Å². The summed E-state index contributed by atoms with van der Waals surface area (Å²) in [6.07, 6.45) is 9.52. The van der Waals surface area contributed by atoms with E-state index in [1.807, 2.05) is 25.7 Å². The van der Waals surface area contributed by atoms with Crippen LogP contribution in [0.4, 0.5) is 19.4 Å². The second kappa shape index (κ2) is 15.7. The second-order valence-corrected chi connectivity index (χ2v) is 16.3. The number of likely N-dealkylation sites (tertiary alicyclic amines) is 1. The summed E-state index contributed by atoms with van der Waals surface area (Å²) < 4.78 is 67.5. The fourth-order valence-corrected chi connectivity index (χ4v) is 8.50. The quantitative estimate of drug-likeness (QED) is 0.144. The van der Waals surface area contributed by atoms with Crippen LogP contribution in [-0.2, 0) is 14.2 Å². The molecule has 1 amide bonds. The lowest BCUT2D eigenvalue weighted by atomic mass is 9.75. The van der Waals surface area contributed by atoms with E-state index in [4.69, 9.17) is 39.8 Å². The number of β-amino-alcohol motifs (C(OH)–C–C–N with tert-alkyl or cyclic N) is 1. The zero-order valence-electron chi connectivity index (χ0n) is 33.2. The average molecular weight is 790 g/mol. The standard InChI is InChI=1S/C42H49F2N5O8/c1-8-27-29(43)13-12-25-19-26(56-24-52-6)20-28(31(25)27)34-33(44)35-32(37(45-34)53-7)36(48-17-18-54-22-41(5,51)21-48)47-38(46-35)55-23-42-14-9-11-30(42)49(16-10-15-42)39(50)57-40(2,3)4/h1,12-13,19-20,30,51H,9-11,14-18,21-24H2,2-7H3/t30-,41+,42-/m1/s1. The number of fused-ring (bicyclic) bond motifs is 3. The zero-order valence-corrected chi connectivity index (χ0v) is 33.2. The number of carbonyl (C=O) groups is 1. The van der Waals surface area contributed by atoms with Crippen molar-refractivity contribution in [2.75, 3.05) is 65.4 Å². The van der Waals surface area contributed by atoms with Crippen LogP contribution < -0.4 is 19.1 Å². The SMILES string of the molecule is C#Cc1c(F)ccc2cc(OCOC)cc(-c3nc(OC)c4c(N5CCOC[C@@](C)(O)C5)nc(OC[C@]56CCC[C@H]5N(C(=O)OC(C)(C)C)CCC6)nc4c3F)c12. The van der Waals surface area contributed by atoms with Crippen molar-refractivity contribution in [1.29, 1.82) is 0 Å². The molecule has 57 heavy (non-hydrogen) atoms. The molecule has 1 N–H and O–H groups in total. The van der Waals surface area contributed by atoms with Gasteiger partial charge in [0.25, 0.3) is 0 Å². The third kappa shape index (κ3) is 7.95. The van der Waals surface area contributed by atoms with Crippen molar-refractivity contribution in [3.05, 3.63) is 41.5 Å². The molecule has 15 heteroatoms. The minimum atomic E-state index is -1.28. The van der Waals surface area contributed by atoms with Crippen LogP contribution in [0.15, 0.2) is 24.3 Å². The summed E-state index contributed by atoms with van der Waals surface area (Å²) in [6.45, 7) is 8.51. The van der Waals surface area contributed by atoms with E-state index in [2.05, 4.69) is 15.9 Å². The topological polar surface area (TPSA) is 138 Å². The molecule has 0 bridgehead atoms. The van der Waals surface area contributed by atoms with Gasteiger partial charge in [-0.15, -0.1) is 6.42 Å². The Morgan fingerprint density at radius 2 is 1.88 bits per heavy atom. The van der Waals surface area contributed by atoms with E-state index in [1.54, 1.807) is 17.9 Å². The van der Waals surface area contributed by atoms with E-state index in [0.717, 1.165) is 32.1 Å². The summed E-state index contributed by atoms with van der Waals surface area (Å²) in [5.41, 5.74) is -2.71. The molecule has 0 unspecified atom stereocenters. The molecule has 2 aromatic heterocycles. The fourth-order valence-electron chi connectivity index (χ4n) is 8.50. The molecule has 1 saturated carbocycles. The van der Waals surface area contributed by atoms with Crippen molar-refractivity contribution >= 4 is 33.6 Å². The number of hydrogen-bond donors (Lipinski definition) is 1. The number of methoxy groups -OCH3 is 2. The van der Waals surface area contributed by atoms with Crippen molar-refractivity contribution < 1.29 is 47.1 Å². The summed E-state index contributed by atoms with van der Waals surface area (Å²) in [4.78, 5) is 31.1. The largest absolute Gasteiger partial charge is 0.480 e. The van der Waals surface area contributed by atoms with E-state index in [1.165, 1.54) is 32.4 Å². The minimum absolute atomic E-state index is 0.0301. The van der Waals surface area contributed by atoms with E-state index in [0.29, 0.717) is 24.2 Å². The van der Waals surface area contributed by atoms with Gasteiger partial charge in [-0.3, -0.25) is 0 Å². The lowest BCUT2D eigenvalue weighted by molar-refractivity contribution is -0.0282. The molecule has 3 atom stereocenters. The number of pyridine rings is 1. The highest BCUT2D eigenvalue weighted by Crippen LogP contribution is 2.49. The number of carbonyl (C=O) groups excluding carboxylic acids is 1. The van der Waals surface area contributed by atoms with Crippen LogP contribution in [0.5, 0.6) is 17.6 Å². The summed E-state index contributed by atoms with van der Waals surface area (Å²) in [6, 6.07) is 5.68. The maximum absolute atomic E-state index is 17.5. The number of rotatable bonds is 9. The molecule has 7 rings (SSSR count). The highest BCUT2D eigenvalue weighted by Gasteiger charge is 2.51. The van der Waals surface area contributed by atoms with Crippen LogP contribution in [0.2, 0.25) is 0 Å². The summed E-state index contributed by atoms with van der Waals surface area (Å²) in [5, 5.41) is 12.1. The maximum Gasteiger partial charge on any atom is 0.410 e. The van der Waals surface area contributed by atoms with Gasteiger partial charge in [-0.2, -0.15) is 9.97 Å². The average Bonchev–Trinajstić information content (AvgIpc) is 3.52. The zero-order chi connectivity index (χ0) is 40.7. The van der Waals surface area contributed by atoms with E-state index in [9.17, 15) is 9.90 Å². The van der Waals surface area contributed by atoms with Crippen molar-refractivity contribution in [2.24, 2.45) is 5.41 Å². The van der Waals surface area contributed by atoms with Gasteiger partial charge in [0.05, 0.1) is 39.0 Å². The van der Waals surface area contributed by atoms with E-state index < -0.39 is 28.3 Å². The lowest BCUT2D eigenvalue weighted by Gasteiger charge is -2.46. The Kier molecular flexibility index (Phi) is 11.1. The van der Waals surface area contributed by atoms with Crippen LogP contribution in [0.25, 0.3) is 32.9 Å². The Morgan fingerprint density at radius 1 is 1.09 bits per heavy atom. The number of ether oxygens (including phenoxy) is 6. The number of anilines is 1. The number of halogens is 2. The van der Waals surface area contributed by atoms with Crippen molar-refractivity contribution in [3.8, 4) is 41.2 Å². The molecule has 13 nitrogen and oxygen atoms in total. The number of piperidine rings is 1. The van der Waals surface area contributed by atoms with E-state index in [-0.39, 0.29) is 96.1 Å². The molecule has 4 aromatic rings. The number of nitrogens with zero attached hydrogens (tertiary/aromatic N) is 5. The van der Waals surface area contributed by atoms with Crippen LogP contribution in [0, 0.1) is 29.4 Å². The lowest BCUT2D eigenvalue weighted by Crippen LogP contribution is -2.55. The monoisotopic (exact) mass is 789 g/mol. The molecule has 0 radical (unpaired) electrons. The number of benzene rings is 2. The van der Waals surface area contributed by atoms with Gasteiger partial charge in [-0.1, -0.05) is 18.4 Å². The molecule has 304 valence electrons. The Bertz CT molecular complexity index is 2220. The summed E-state index contributed by atoms with van der Waals surface area (Å²) >= 11 is 0. The van der Waals surface area contributed by atoms with Crippen LogP contribution >= 0.6 is 0 Å². The number of hydrogen-bond acceptors (Lipinski definition) is 12. The first-order chi connectivity index (χ1) is 27.2. The normalized spacial score (nSPS) is 22.6. The molecule has 1 aliphatic carbocycles. The first kappa shape index (κ1) is 40.2. The van der Waals surface area contributed by atoms with E-state index >= 15 is 8.78 Å². The third-order valence-corrected chi connectivity index (χ3v) is 10.9. The molecule has 3 aliphatic rings. The molecule has 4 heterocycles. The Morgan fingerprint density at radius 3 is 2.61 bits per heavy atom. The van der Waals surface area contributed by atoms with Gasteiger partial charge in [0.2, 0.25) is 5.88 Å². The second-order valence-electron chi connectivity index (χ2n) is 16.3. The van der Waals surface area contributed by atoms with Crippen molar-refractivity contribution in [3.63, 3.8) is 0 Å². The van der Waals surface area contributed by atoms with Crippen LogP contribution in [0.3, 0.4) is 0 Å². The van der Waals surface area contributed by atoms with Crippen LogP contribution in [0.1, 0.15) is 65.4 Å². The highest BCUT2D eigenvalue weighted by atomic mass is 19.1. The molecule has 2 aliphatic heterocycles. The fraction of sp³-hybridized carbons (Fsp3) is 0.524. The Hall–Kier alpha value is -5.04. The Balaban J connectivity index is 1.39. The first-order valence-electron chi connectivity index (χ1n) is 19.2. The van der Waals surface area contributed by atoms with Gasteiger partial charge in [0.1, 0.15) is 45.2 Å².